The molecule has 3 N–H and O–H groups in total. The van der Waals surface area contributed by atoms with E-state index in [4.69, 9.17) is 10.5 Å². The number of hydrogen-bond donors (Lipinski definition) is 2. The zero-order valence-electron chi connectivity index (χ0n) is 20.0. The first-order chi connectivity index (χ1) is 16.2. The van der Waals surface area contributed by atoms with E-state index >= 15 is 0 Å². The fourth-order valence-electron chi connectivity index (χ4n) is 6.13. The standard InChI is InChI=1S/C25H33N5O4/c1-25(2)11-15(10-16(12-25)34-3)27-24(33)20-9-14-8-19(14)30(20)21(31)13-29-18-7-5-4-6-17(18)22(28-29)23(26)32/h4-7,14-16,19-20H,8-13H2,1-3H3,(H2,26,32)(H,27,33)/t14-,15+,16-,19-,20+/m1/s1. The van der Waals surface area contributed by atoms with Crippen LogP contribution in [0.15, 0.2) is 24.3 Å². The van der Waals surface area contributed by atoms with Gasteiger partial charge in [0.15, 0.2) is 5.69 Å². The number of aromatic nitrogens is 2. The average molecular weight is 468 g/mol. The van der Waals surface area contributed by atoms with Gasteiger partial charge >= 0.3 is 0 Å². The summed E-state index contributed by atoms with van der Waals surface area (Å²) < 4.78 is 7.13. The van der Waals surface area contributed by atoms with Gasteiger partial charge in [-0.15, -0.1) is 0 Å². The third-order valence-electron chi connectivity index (χ3n) is 7.68. The molecule has 0 bridgehead atoms. The highest BCUT2D eigenvalue weighted by molar-refractivity contribution is 6.04. The highest BCUT2D eigenvalue weighted by Crippen LogP contribution is 2.48. The van der Waals surface area contributed by atoms with E-state index in [2.05, 4.69) is 24.3 Å². The summed E-state index contributed by atoms with van der Waals surface area (Å²) in [5, 5.41) is 8.16. The van der Waals surface area contributed by atoms with Crippen LogP contribution in [0.5, 0.6) is 0 Å². The van der Waals surface area contributed by atoms with Crippen LogP contribution < -0.4 is 11.1 Å². The molecule has 1 saturated heterocycles. The van der Waals surface area contributed by atoms with Crippen LogP contribution >= 0.6 is 0 Å². The largest absolute Gasteiger partial charge is 0.381 e. The Hall–Kier alpha value is -2.94. The van der Waals surface area contributed by atoms with Crippen molar-refractivity contribution in [2.45, 2.75) is 76.7 Å². The van der Waals surface area contributed by atoms with Crippen molar-refractivity contribution in [2.24, 2.45) is 17.1 Å². The van der Waals surface area contributed by atoms with E-state index in [1.165, 1.54) is 4.68 Å². The number of methoxy groups -OCH3 is 1. The molecule has 3 aliphatic rings. The van der Waals surface area contributed by atoms with Gasteiger partial charge in [0.2, 0.25) is 11.8 Å². The van der Waals surface area contributed by atoms with Crippen molar-refractivity contribution in [2.75, 3.05) is 7.11 Å². The van der Waals surface area contributed by atoms with Gasteiger partial charge in [-0.2, -0.15) is 5.10 Å². The zero-order chi connectivity index (χ0) is 24.2. The summed E-state index contributed by atoms with van der Waals surface area (Å²) in [6.45, 7) is 4.36. The number of para-hydroxylation sites is 1. The maximum Gasteiger partial charge on any atom is 0.269 e. The third-order valence-corrected chi connectivity index (χ3v) is 7.68. The maximum absolute atomic E-state index is 13.4. The lowest BCUT2D eigenvalue weighted by atomic mass is 9.73. The summed E-state index contributed by atoms with van der Waals surface area (Å²) in [5.74, 6) is -0.493. The van der Waals surface area contributed by atoms with Gasteiger partial charge in [-0.25, -0.2) is 0 Å². The van der Waals surface area contributed by atoms with Crippen LogP contribution in [0, 0.1) is 11.3 Å². The molecule has 1 aromatic carbocycles. The molecule has 3 fully saturated rings. The summed E-state index contributed by atoms with van der Waals surface area (Å²) in [5.41, 5.74) is 6.40. The van der Waals surface area contributed by atoms with E-state index in [1.54, 1.807) is 24.1 Å². The first kappa shape index (κ1) is 22.8. The number of rotatable bonds is 6. The number of primary amides is 1. The highest BCUT2D eigenvalue weighted by atomic mass is 16.5. The molecule has 0 spiro atoms. The van der Waals surface area contributed by atoms with Crippen molar-refractivity contribution in [3.63, 3.8) is 0 Å². The molecule has 2 saturated carbocycles. The Bertz CT molecular complexity index is 1140. The van der Waals surface area contributed by atoms with E-state index in [0.717, 1.165) is 25.7 Å². The molecule has 0 radical (unpaired) electrons. The van der Waals surface area contributed by atoms with Crippen LogP contribution in [-0.2, 0) is 20.9 Å². The molecule has 3 amide bonds. The molecule has 9 nitrogen and oxygen atoms in total. The van der Waals surface area contributed by atoms with Gasteiger partial charge in [0.05, 0.1) is 11.6 Å². The number of carbonyl (C=O) groups is 3. The molecule has 1 aromatic heterocycles. The van der Waals surface area contributed by atoms with Crippen LogP contribution in [0.3, 0.4) is 0 Å². The quantitative estimate of drug-likeness (QED) is 0.672. The van der Waals surface area contributed by atoms with Crippen molar-refractivity contribution >= 4 is 28.6 Å². The Labute approximate surface area is 199 Å². The number of amides is 3. The molecule has 5 atom stereocenters. The summed E-state index contributed by atoms with van der Waals surface area (Å²) in [4.78, 5) is 40.4. The number of fused-ring (bicyclic) bond motifs is 2. The van der Waals surface area contributed by atoms with Crippen molar-refractivity contribution in [3.05, 3.63) is 30.0 Å². The van der Waals surface area contributed by atoms with E-state index in [-0.39, 0.29) is 47.7 Å². The van der Waals surface area contributed by atoms with Crippen molar-refractivity contribution < 1.29 is 19.1 Å². The molecule has 2 aliphatic carbocycles. The predicted molar refractivity (Wildman–Crippen MR) is 126 cm³/mol. The van der Waals surface area contributed by atoms with Crippen molar-refractivity contribution in [3.8, 4) is 0 Å². The average Bonchev–Trinajstić information content (AvgIpc) is 3.28. The molecule has 5 rings (SSSR count). The predicted octanol–water partition coefficient (Wildman–Crippen LogP) is 1.83. The van der Waals surface area contributed by atoms with Crippen LogP contribution in [0.2, 0.25) is 0 Å². The minimum atomic E-state index is -0.632. The molecule has 182 valence electrons. The zero-order valence-corrected chi connectivity index (χ0v) is 20.0. The smallest absolute Gasteiger partial charge is 0.269 e. The number of likely N-dealkylation sites (tertiary alicyclic amines) is 1. The normalized spacial score (nSPS) is 29.6. The van der Waals surface area contributed by atoms with Gasteiger partial charge in [0, 0.05) is 24.6 Å². The Morgan fingerprint density at radius 1 is 1.18 bits per heavy atom. The Balaban J connectivity index is 1.32. The van der Waals surface area contributed by atoms with Crippen LogP contribution in [-0.4, -0.2) is 63.7 Å². The van der Waals surface area contributed by atoms with Crippen LogP contribution in [0.4, 0.5) is 0 Å². The fourth-order valence-corrected chi connectivity index (χ4v) is 6.13. The highest BCUT2D eigenvalue weighted by Gasteiger charge is 2.56. The second-order valence-electron chi connectivity index (χ2n) is 10.9. The van der Waals surface area contributed by atoms with Gasteiger partial charge in [0.25, 0.3) is 5.91 Å². The molecule has 0 unspecified atom stereocenters. The van der Waals surface area contributed by atoms with Gasteiger partial charge in [-0.3, -0.25) is 19.1 Å². The lowest BCUT2D eigenvalue weighted by Crippen LogP contribution is -2.53. The summed E-state index contributed by atoms with van der Waals surface area (Å²) >= 11 is 0. The molecule has 9 heteroatoms. The summed E-state index contributed by atoms with van der Waals surface area (Å²) in [6.07, 6.45) is 4.40. The molecule has 1 aliphatic heterocycles. The molecular weight excluding hydrogens is 434 g/mol. The topological polar surface area (TPSA) is 120 Å². The lowest BCUT2D eigenvalue weighted by Gasteiger charge is -2.40. The SMILES string of the molecule is CO[C@@H]1C[C@H](NC(=O)[C@@H]2C[C@H]3C[C@H]3N2C(=O)Cn2nc(C(N)=O)c3ccccc32)CC(C)(C)C1. The van der Waals surface area contributed by atoms with Crippen LogP contribution in [0.1, 0.15) is 56.4 Å². The Morgan fingerprint density at radius 2 is 1.94 bits per heavy atom. The van der Waals surface area contributed by atoms with Gasteiger partial charge in [-0.05, 0) is 49.5 Å². The van der Waals surface area contributed by atoms with E-state index < -0.39 is 11.9 Å². The number of nitrogens with zero attached hydrogens (tertiary/aromatic N) is 3. The Kier molecular flexibility index (Phi) is 5.62. The fraction of sp³-hybridized carbons (Fsp3) is 0.600. The number of benzene rings is 1. The summed E-state index contributed by atoms with van der Waals surface area (Å²) in [7, 11) is 1.72. The minimum absolute atomic E-state index is 0.0308. The summed E-state index contributed by atoms with van der Waals surface area (Å²) in [6, 6.07) is 6.88. The monoisotopic (exact) mass is 467 g/mol. The number of ether oxygens (including phenoxy) is 1. The van der Waals surface area contributed by atoms with Crippen molar-refractivity contribution in [1.82, 2.24) is 20.0 Å². The molecule has 2 aromatic rings. The van der Waals surface area contributed by atoms with Crippen molar-refractivity contribution in [1.29, 1.82) is 0 Å². The number of carbonyl (C=O) groups excluding carboxylic acids is 3. The van der Waals surface area contributed by atoms with Gasteiger partial charge < -0.3 is 20.7 Å². The Morgan fingerprint density at radius 3 is 2.68 bits per heavy atom. The second kappa shape index (κ2) is 8.37. The van der Waals surface area contributed by atoms with Gasteiger partial charge in [-0.1, -0.05) is 32.0 Å². The van der Waals surface area contributed by atoms with E-state index in [1.807, 2.05) is 12.1 Å². The number of hydrogen-bond acceptors (Lipinski definition) is 5. The van der Waals surface area contributed by atoms with Gasteiger partial charge in [0.1, 0.15) is 12.6 Å². The maximum atomic E-state index is 13.4. The number of piperidine rings is 1. The number of nitrogens with one attached hydrogen (secondary N) is 1. The third kappa shape index (κ3) is 4.17. The van der Waals surface area contributed by atoms with E-state index in [0.29, 0.717) is 23.2 Å². The molecular formula is C25H33N5O4. The van der Waals surface area contributed by atoms with E-state index in [9.17, 15) is 14.4 Å². The minimum Gasteiger partial charge on any atom is -0.381 e. The van der Waals surface area contributed by atoms with Crippen LogP contribution in [0.25, 0.3) is 10.9 Å². The lowest BCUT2D eigenvalue weighted by molar-refractivity contribution is -0.141. The molecule has 34 heavy (non-hydrogen) atoms. The second-order valence-corrected chi connectivity index (χ2v) is 10.9. The first-order valence-corrected chi connectivity index (χ1v) is 12.1. The first-order valence-electron chi connectivity index (χ1n) is 12.1. The molecule has 2 heterocycles. The number of nitrogens with two attached hydrogens (primary N) is 1.